The Kier molecular flexibility index (Phi) is 2.55. The zero-order chi connectivity index (χ0) is 11.8. The molecule has 1 aromatic rings. The van der Waals surface area contributed by atoms with Crippen molar-refractivity contribution in [2.45, 2.75) is 18.9 Å². The molecular weight excluding hydrogens is 210 g/mol. The molecule has 0 radical (unpaired) electrons. The maximum absolute atomic E-state index is 9.85. The van der Waals surface area contributed by atoms with Crippen LogP contribution in [0.15, 0.2) is 0 Å². The first kappa shape index (κ1) is 10.9. The van der Waals surface area contributed by atoms with E-state index in [2.05, 4.69) is 15.0 Å². The van der Waals surface area contributed by atoms with Gasteiger partial charge in [-0.1, -0.05) is 0 Å². The summed E-state index contributed by atoms with van der Waals surface area (Å²) in [7, 11) is 1.47. The van der Waals surface area contributed by atoms with Crippen LogP contribution in [0.5, 0.6) is 6.01 Å². The molecule has 7 heteroatoms. The fourth-order valence-corrected chi connectivity index (χ4v) is 1.71. The highest BCUT2D eigenvalue weighted by molar-refractivity contribution is 5.38. The van der Waals surface area contributed by atoms with Gasteiger partial charge in [0.15, 0.2) is 0 Å². The van der Waals surface area contributed by atoms with Crippen LogP contribution in [0, 0.1) is 0 Å². The molecular formula is C9H15N5O2. The average molecular weight is 225 g/mol. The average Bonchev–Trinajstić information content (AvgIpc) is 2.58. The molecule has 88 valence electrons. The van der Waals surface area contributed by atoms with Crippen LogP contribution in [0.4, 0.5) is 11.9 Å². The number of nitrogen functional groups attached to an aromatic ring is 1. The van der Waals surface area contributed by atoms with E-state index < -0.39 is 5.60 Å². The van der Waals surface area contributed by atoms with Crippen LogP contribution in [-0.2, 0) is 0 Å². The minimum absolute atomic E-state index is 0.119. The van der Waals surface area contributed by atoms with Gasteiger partial charge < -0.3 is 20.5 Å². The third-order valence-corrected chi connectivity index (χ3v) is 2.54. The van der Waals surface area contributed by atoms with Crippen LogP contribution in [-0.4, -0.2) is 45.9 Å². The van der Waals surface area contributed by atoms with Crippen molar-refractivity contribution in [3.63, 3.8) is 0 Å². The summed E-state index contributed by atoms with van der Waals surface area (Å²) in [5.41, 5.74) is 4.84. The summed E-state index contributed by atoms with van der Waals surface area (Å²) in [4.78, 5) is 13.8. The normalized spacial score (nSPS) is 24.8. The molecule has 0 spiro atoms. The minimum Gasteiger partial charge on any atom is -0.467 e. The predicted molar refractivity (Wildman–Crippen MR) is 58.2 cm³/mol. The molecule has 1 fully saturated rings. The van der Waals surface area contributed by atoms with E-state index in [4.69, 9.17) is 10.5 Å². The Morgan fingerprint density at radius 2 is 2.19 bits per heavy atom. The van der Waals surface area contributed by atoms with Crippen LogP contribution in [0.3, 0.4) is 0 Å². The topological polar surface area (TPSA) is 97.4 Å². The molecule has 1 aliphatic rings. The number of nitrogens with two attached hydrogens (primary N) is 1. The standard InChI is InChI=1S/C9H15N5O2/c1-9(15)3-4-14(5-9)7-11-6(10)12-8(13-7)16-2/h15H,3-5H2,1-2H3,(H2,10,11,12,13). The van der Waals surface area contributed by atoms with Crippen molar-refractivity contribution in [1.82, 2.24) is 15.0 Å². The molecule has 0 saturated carbocycles. The van der Waals surface area contributed by atoms with Gasteiger partial charge in [0.25, 0.3) is 0 Å². The largest absolute Gasteiger partial charge is 0.467 e. The van der Waals surface area contributed by atoms with Crippen molar-refractivity contribution in [2.75, 3.05) is 30.8 Å². The first-order valence-electron chi connectivity index (χ1n) is 5.03. The van der Waals surface area contributed by atoms with Crippen LogP contribution >= 0.6 is 0 Å². The summed E-state index contributed by atoms with van der Waals surface area (Å²) < 4.78 is 4.92. The highest BCUT2D eigenvalue weighted by Crippen LogP contribution is 2.24. The number of aromatic nitrogens is 3. The number of rotatable bonds is 2. The molecule has 1 aliphatic heterocycles. The van der Waals surface area contributed by atoms with Crippen LogP contribution in [0.1, 0.15) is 13.3 Å². The molecule has 2 heterocycles. The van der Waals surface area contributed by atoms with E-state index >= 15 is 0 Å². The van der Waals surface area contributed by atoms with Gasteiger partial charge in [0.1, 0.15) is 0 Å². The number of methoxy groups -OCH3 is 1. The smallest absolute Gasteiger partial charge is 0.322 e. The summed E-state index contributed by atoms with van der Waals surface area (Å²) in [5, 5.41) is 9.85. The Balaban J connectivity index is 2.24. The monoisotopic (exact) mass is 225 g/mol. The van der Waals surface area contributed by atoms with Gasteiger partial charge in [-0.25, -0.2) is 0 Å². The lowest BCUT2D eigenvalue weighted by atomic mass is 10.1. The van der Waals surface area contributed by atoms with Gasteiger partial charge in [-0.15, -0.1) is 0 Å². The molecule has 1 unspecified atom stereocenters. The van der Waals surface area contributed by atoms with Gasteiger partial charge in [0, 0.05) is 13.1 Å². The first-order chi connectivity index (χ1) is 7.50. The fraction of sp³-hybridized carbons (Fsp3) is 0.667. The number of anilines is 2. The van der Waals surface area contributed by atoms with E-state index in [-0.39, 0.29) is 12.0 Å². The predicted octanol–water partition coefficient (Wildman–Crippen LogP) is -0.577. The molecule has 3 N–H and O–H groups in total. The molecule has 0 bridgehead atoms. The number of hydrogen-bond donors (Lipinski definition) is 2. The molecule has 1 atom stereocenters. The van der Waals surface area contributed by atoms with Gasteiger partial charge in [-0.05, 0) is 13.3 Å². The van der Waals surface area contributed by atoms with Crippen molar-refractivity contribution in [2.24, 2.45) is 0 Å². The Morgan fingerprint density at radius 1 is 1.44 bits per heavy atom. The number of nitrogens with zero attached hydrogens (tertiary/aromatic N) is 4. The van der Waals surface area contributed by atoms with E-state index in [1.54, 1.807) is 6.92 Å². The van der Waals surface area contributed by atoms with Gasteiger partial charge in [-0.3, -0.25) is 0 Å². The second kappa shape index (κ2) is 3.75. The van der Waals surface area contributed by atoms with Gasteiger partial charge in [-0.2, -0.15) is 15.0 Å². The van der Waals surface area contributed by atoms with Crippen molar-refractivity contribution in [1.29, 1.82) is 0 Å². The lowest BCUT2D eigenvalue weighted by molar-refractivity contribution is 0.0838. The molecule has 0 aliphatic carbocycles. The van der Waals surface area contributed by atoms with Gasteiger partial charge >= 0.3 is 6.01 Å². The number of β-amino-alcohol motifs (C(OH)–C–C–N with tert-alkyl or cyclic N) is 1. The summed E-state index contributed by atoms with van der Waals surface area (Å²) >= 11 is 0. The van der Waals surface area contributed by atoms with E-state index in [1.807, 2.05) is 4.90 Å². The maximum Gasteiger partial charge on any atom is 0.322 e. The third-order valence-electron chi connectivity index (χ3n) is 2.54. The molecule has 0 aromatic carbocycles. The first-order valence-corrected chi connectivity index (χ1v) is 5.03. The molecule has 2 rings (SSSR count). The molecule has 7 nitrogen and oxygen atoms in total. The van der Waals surface area contributed by atoms with Crippen molar-refractivity contribution >= 4 is 11.9 Å². The zero-order valence-electron chi connectivity index (χ0n) is 9.34. The molecule has 1 saturated heterocycles. The summed E-state index contributed by atoms with van der Waals surface area (Å²) in [6, 6.07) is 0.189. The van der Waals surface area contributed by atoms with E-state index in [0.29, 0.717) is 25.5 Å². The SMILES string of the molecule is COc1nc(N)nc(N2CCC(C)(O)C2)n1. The summed E-state index contributed by atoms with van der Waals surface area (Å²) in [6.07, 6.45) is 0.681. The molecule has 1 aromatic heterocycles. The number of aliphatic hydroxyl groups is 1. The van der Waals surface area contributed by atoms with Gasteiger partial charge in [0.2, 0.25) is 11.9 Å². The Hall–Kier alpha value is -1.63. The summed E-state index contributed by atoms with van der Waals surface area (Å²) in [6.45, 7) is 2.97. The fourth-order valence-electron chi connectivity index (χ4n) is 1.71. The molecule has 16 heavy (non-hydrogen) atoms. The van der Waals surface area contributed by atoms with Crippen molar-refractivity contribution < 1.29 is 9.84 Å². The summed E-state index contributed by atoms with van der Waals surface area (Å²) in [5.74, 6) is 0.565. The Morgan fingerprint density at radius 3 is 2.75 bits per heavy atom. The van der Waals surface area contributed by atoms with E-state index in [0.717, 1.165) is 0 Å². The van der Waals surface area contributed by atoms with Crippen molar-refractivity contribution in [3.8, 4) is 6.01 Å². The maximum atomic E-state index is 9.85. The van der Waals surface area contributed by atoms with E-state index in [9.17, 15) is 5.11 Å². The lowest BCUT2D eigenvalue weighted by Crippen LogP contribution is -2.30. The number of hydrogen-bond acceptors (Lipinski definition) is 7. The molecule has 0 amide bonds. The van der Waals surface area contributed by atoms with Crippen LogP contribution < -0.4 is 15.4 Å². The second-order valence-electron chi connectivity index (χ2n) is 4.15. The highest BCUT2D eigenvalue weighted by Gasteiger charge is 2.33. The Labute approximate surface area is 93.3 Å². The van der Waals surface area contributed by atoms with Crippen molar-refractivity contribution in [3.05, 3.63) is 0 Å². The number of ether oxygens (including phenoxy) is 1. The zero-order valence-corrected chi connectivity index (χ0v) is 9.34. The lowest BCUT2D eigenvalue weighted by Gasteiger charge is -2.18. The van der Waals surface area contributed by atoms with E-state index in [1.165, 1.54) is 7.11 Å². The van der Waals surface area contributed by atoms with Gasteiger partial charge in [0.05, 0.1) is 12.7 Å². The van der Waals surface area contributed by atoms with Crippen LogP contribution in [0.2, 0.25) is 0 Å². The minimum atomic E-state index is -0.700. The highest BCUT2D eigenvalue weighted by atomic mass is 16.5. The third kappa shape index (κ3) is 2.13. The quantitative estimate of drug-likeness (QED) is 0.695. The Bertz CT molecular complexity index is 395. The van der Waals surface area contributed by atoms with Crippen LogP contribution in [0.25, 0.3) is 0 Å². The second-order valence-corrected chi connectivity index (χ2v) is 4.15.